The maximum atomic E-state index is 13.2. The van der Waals surface area contributed by atoms with E-state index in [2.05, 4.69) is 5.32 Å². The molecule has 0 bridgehead atoms. The summed E-state index contributed by atoms with van der Waals surface area (Å²) in [5.41, 5.74) is 5.13. The first kappa shape index (κ1) is 13.9. The molecule has 0 heterocycles. The molecule has 0 saturated carbocycles. The maximum Gasteiger partial charge on any atom is 0.241 e. The van der Waals surface area contributed by atoms with Crippen LogP contribution in [0.5, 0.6) is 0 Å². The van der Waals surface area contributed by atoms with E-state index in [0.29, 0.717) is 12.2 Å². The van der Waals surface area contributed by atoms with Gasteiger partial charge in [-0.1, -0.05) is 6.07 Å². The molecule has 0 saturated heterocycles. The van der Waals surface area contributed by atoms with Crippen molar-refractivity contribution in [2.75, 3.05) is 17.3 Å². The number of para-hydroxylation sites is 1. The highest BCUT2D eigenvalue weighted by molar-refractivity contribution is 7.98. The summed E-state index contributed by atoms with van der Waals surface area (Å²) >= 11 is 1.55. The number of benzene rings is 1. The van der Waals surface area contributed by atoms with Gasteiger partial charge >= 0.3 is 0 Å². The number of anilines is 1. The molecular weight excluding hydrogens is 246 g/mol. The largest absolute Gasteiger partial charge is 0.320 e. The number of carbonyl (C=O) groups is 1. The van der Waals surface area contributed by atoms with Crippen molar-refractivity contribution in [3.8, 4) is 0 Å². The van der Waals surface area contributed by atoms with E-state index in [0.717, 1.165) is 12.1 Å². The standard InChI is InChI=1S/C11H14F2N2OS/c1-17-6-5-9(14)11(16)15-10-7(12)3-2-4-8(10)13/h2-4,9H,5-6,14H2,1H3,(H,15,16)/t9-/m1/s1. The Kier molecular flexibility index (Phi) is 5.37. The van der Waals surface area contributed by atoms with Crippen molar-refractivity contribution < 1.29 is 13.6 Å². The lowest BCUT2D eigenvalue weighted by molar-refractivity contribution is -0.117. The van der Waals surface area contributed by atoms with E-state index >= 15 is 0 Å². The third kappa shape index (κ3) is 3.98. The number of nitrogens with one attached hydrogen (secondary N) is 1. The molecule has 94 valence electrons. The number of thioether (sulfide) groups is 1. The third-order valence-electron chi connectivity index (χ3n) is 2.18. The average molecular weight is 260 g/mol. The molecule has 0 unspecified atom stereocenters. The predicted octanol–water partition coefficient (Wildman–Crippen LogP) is 1.98. The number of hydrogen-bond acceptors (Lipinski definition) is 3. The number of rotatable bonds is 5. The molecule has 3 N–H and O–H groups in total. The molecule has 0 aromatic heterocycles. The molecule has 1 atom stereocenters. The SMILES string of the molecule is CSCC[C@@H](N)C(=O)Nc1c(F)cccc1F. The fourth-order valence-electron chi connectivity index (χ4n) is 1.21. The monoisotopic (exact) mass is 260 g/mol. The minimum atomic E-state index is -0.810. The second-order valence-electron chi connectivity index (χ2n) is 3.47. The molecule has 0 spiro atoms. The molecule has 0 aliphatic rings. The summed E-state index contributed by atoms with van der Waals surface area (Å²) < 4.78 is 26.5. The van der Waals surface area contributed by atoms with Gasteiger partial charge in [0, 0.05) is 0 Å². The van der Waals surface area contributed by atoms with Crippen molar-refractivity contribution in [1.82, 2.24) is 0 Å². The molecule has 0 radical (unpaired) electrons. The molecule has 1 aromatic rings. The summed E-state index contributed by atoms with van der Waals surface area (Å²) in [6, 6.07) is 2.62. The lowest BCUT2D eigenvalue weighted by atomic mass is 10.2. The second-order valence-corrected chi connectivity index (χ2v) is 4.46. The Labute approximate surface area is 103 Å². The molecule has 0 aliphatic heterocycles. The Balaban J connectivity index is 2.68. The van der Waals surface area contributed by atoms with Gasteiger partial charge in [-0.15, -0.1) is 0 Å². The fraction of sp³-hybridized carbons (Fsp3) is 0.364. The van der Waals surface area contributed by atoms with Crippen LogP contribution < -0.4 is 11.1 Å². The summed E-state index contributed by atoms with van der Waals surface area (Å²) in [4.78, 5) is 11.5. The Morgan fingerprint density at radius 3 is 2.59 bits per heavy atom. The molecule has 1 amide bonds. The zero-order chi connectivity index (χ0) is 12.8. The van der Waals surface area contributed by atoms with Gasteiger partial charge in [-0.25, -0.2) is 8.78 Å². The highest BCUT2D eigenvalue weighted by Crippen LogP contribution is 2.18. The smallest absolute Gasteiger partial charge is 0.241 e. The summed E-state index contributed by atoms with van der Waals surface area (Å²) in [5, 5.41) is 2.16. The van der Waals surface area contributed by atoms with Crippen LogP contribution in [0.15, 0.2) is 18.2 Å². The summed E-state index contributed by atoms with van der Waals surface area (Å²) in [6.45, 7) is 0. The number of hydrogen-bond donors (Lipinski definition) is 2. The lowest BCUT2D eigenvalue weighted by Gasteiger charge is -2.12. The highest BCUT2D eigenvalue weighted by atomic mass is 32.2. The van der Waals surface area contributed by atoms with Gasteiger partial charge in [-0.3, -0.25) is 4.79 Å². The average Bonchev–Trinajstić information content (AvgIpc) is 2.30. The molecule has 3 nitrogen and oxygen atoms in total. The van der Waals surface area contributed by atoms with Crippen LogP contribution in [0, 0.1) is 11.6 Å². The lowest BCUT2D eigenvalue weighted by Crippen LogP contribution is -2.36. The van der Waals surface area contributed by atoms with Gasteiger partial charge in [-0.2, -0.15) is 11.8 Å². The van der Waals surface area contributed by atoms with Crippen molar-refractivity contribution >= 4 is 23.4 Å². The zero-order valence-electron chi connectivity index (χ0n) is 9.37. The van der Waals surface area contributed by atoms with Crippen molar-refractivity contribution in [2.45, 2.75) is 12.5 Å². The number of halogens is 2. The predicted molar refractivity (Wildman–Crippen MR) is 66.0 cm³/mol. The highest BCUT2D eigenvalue weighted by Gasteiger charge is 2.17. The summed E-state index contributed by atoms with van der Waals surface area (Å²) in [7, 11) is 0. The maximum absolute atomic E-state index is 13.2. The topological polar surface area (TPSA) is 55.1 Å². The van der Waals surface area contributed by atoms with E-state index < -0.39 is 29.3 Å². The van der Waals surface area contributed by atoms with Crippen molar-refractivity contribution in [3.63, 3.8) is 0 Å². The summed E-state index contributed by atoms with van der Waals surface area (Å²) in [5.74, 6) is -1.48. The number of amides is 1. The van der Waals surface area contributed by atoms with Crippen LogP contribution >= 0.6 is 11.8 Å². The molecule has 1 aromatic carbocycles. The van der Waals surface area contributed by atoms with Crippen molar-refractivity contribution in [1.29, 1.82) is 0 Å². The Morgan fingerprint density at radius 1 is 1.47 bits per heavy atom. The van der Waals surface area contributed by atoms with Crippen LogP contribution in [-0.2, 0) is 4.79 Å². The first-order chi connectivity index (χ1) is 8.06. The van der Waals surface area contributed by atoms with Gasteiger partial charge in [0.15, 0.2) is 0 Å². The van der Waals surface area contributed by atoms with Gasteiger partial charge in [0.1, 0.15) is 17.3 Å². The van der Waals surface area contributed by atoms with Gasteiger partial charge < -0.3 is 11.1 Å². The van der Waals surface area contributed by atoms with Gasteiger partial charge in [0.05, 0.1) is 6.04 Å². The van der Waals surface area contributed by atoms with Crippen LogP contribution in [0.4, 0.5) is 14.5 Å². The molecular formula is C11H14F2N2OS. The number of nitrogens with two attached hydrogens (primary N) is 1. The number of carbonyl (C=O) groups excluding carboxylic acids is 1. The minimum Gasteiger partial charge on any atom is -0.320 e. The zero-order valence-corrected chi connectivity index (χ0v) is 10.2. The first-order valence-corrected chi connectivity index (χ1v) is 6.45. The van der Waals surface area contributed by atoms with Crippen LogP contribution in [0.3, 0.4) is 0 Å². The van der Waals surface area contributed by atoms with Gasteiger partial charge in [0.25, 0.3) is 0 Å². The van der Waals surface area contributed by atoms with E-state index in [9.17, 15) is 13.6 Å². The van der Waals surface area contributed by atoms with Crippen molar-refractivity contribution in [2.24, 2.45) is 5.73 Å². The van der Waals surface area contributed by atoms with Crippen LogP contribution in [0.25, 0.3) is 0 Å². The van der Waals surface area contributed by atoms with Crippen LogP contribution in [0.2, 0.25) is 0 Å². The van der Waals surface area contributed by atoms with Crippen LogP contribution in [-0.4, -0.2) is 24.0 Å². The Morgan fingerprint density at radius 2 is 2.06 bits per heavy atom. The molecule has 1 rings (SSSR count). The van der Waals surface area contributed by atoms with E-state index in [-0.39, 0.29) is 0 Å². The Bertz CT molecular complexity index is 381. The minimum absolute atomic E-state index is 0.447. The van der Waals surface area contributed by atoms with E-state index in [1.807, 2.05) is 6.26 Å². The van der Waals surface area contributed by atoms with Gasteiger partial charge in [-0.05, 0) is 30.6 Å². The third-order valence-corrected chi connectivity index (χ3v) is 2.82. The molecule has 6 heteroatoms. The normalized spacial score (nSPS) is 12.2. The van der Waals surface area contributed by atoms with E-state index in [1.165, 1.54) is 6.07 Å². The fourth-order valence-corrected chi connectivity index (χ4v) is 1.70. The molecule has 0 aliphatic carbocycles. The quantitative estimate of drug-likeness (QED) is 0.851. The Hall–Kier alpha value is -1.14. The molecule has 0 fully saturated rings. The van der Waals surface area contributed by atoms with Crippen LogP contribution in [0.1, 0.15) is 6.42 Å². The van der Waals surface area contributed by atoms with Gasteiger partial charge in [0.2, 0.25) is 5.91 Å². The molecule has 17 heavy (non-hydrogen) atoms. The second kappa shape index (κ2) is 6.56. The summed E-state index contributed by atoms with van der Waals surface area (Å²) in [6.07, 6.45) is 2.35. The van der Waals surface area contributed by atoms with E-state index in [1.54, 1.807) is 11.8 Å². The van der Waals surface area contributed by atoms with Crippen molar-refractivity contribution in [3.05, 3.63) is 29.8 Å². The van der Waals surface area contributed by atoms with E-state index in [4.69, 9.17) is 5.73 Å². The first-order valence-electron chi connectivity index (χ1n) is 5.05.